The molecule has 0 aliphatic carbocycles. The van der Waals surface area contributed by atoms with Crippen LogP contribution < -0.4 is 5.32 Å². The molecule has 0 atom stereocenters. The molecule has 4 nitrogen and oxygen atoms in total. The summed E-state index contributed by atoms with van der Waals surface area (Å²) in [4.78, 5) is 12.8. The maximum absolute atomic E-state index is 4.40. The van der Waals surface area contributed by atoms with Gasteiger partial charge >= 0.3 is 0 Å². The molecule has 76 valence electrons. The molecule has 0 unspecified atom stereocenters. The predicted molar refractivity (Wildman–Crippen MR) is 58.0 cm³/mol. The van der Waals surface area contributed by atoms with Crippen molar-refractivity contribution >= 4 is 0 Å². The molecular formula is C11H12N4. The highest BCUT2D eigenvalue weighted by atomic mass is 14.9. The zero-order valence-electron chi connectivity index (χ0n) is 8.51. The van der Waals surface area contributed by atoms with E-state index in [1.165, 1.54) is 0 Å². The predicted octanol–water partition coefficient (Wildman–Crippen LogP) is 1.26. The zero-order chi connectivity index (χ0) is 10.5. The van der Waals surface area contributed by atoms with Crippen LogP contribution in [0.25, 0.3) is 11.5 Å². The van der Waals surface area contributed by atoms with Gasteiger partial charge in [-0.05, 0) is 25.2 Å². The number of hydrogen-bond donors (Lipinski definition) is 1. The van der Waals surface area contributed by atoms with Crippen LogP contribution in [0.2, 0.25) is 0 Å². The van der Waals surface area contributed by atoms with Crippen molar-refractivity contribution in [3.05, 3.63) is 42.4 Å². The van der Waals surface area contributed by atoms with Crippen molar-refractivity contribution in [2.24, 2.45) is 0 Å². The molecular weight excluding hydrogens is 188 g/mol. The number of hydrogen-bond acceptors (Lipinski definition) is 4. The molecule has 0 aromatic carbocycles. The lowest BCUT2D eigenvalue weighted by molar-refractivity contribution is 0.787. The largest absolute Gasteiger partial charge is 0.314 e. The molecule has 0 saturated carbocycles. The number of nitrogens with one attached hydrogen (secondary N) is 1. The topological polar surface area (TPSA) is 50.7 Å². The summed E-state index contributed by atoms with van der Waals surface area (Å²) in [5.41, 5.74) is 1.77. The Kier molecular flexibility index (Phi) is 2.99. The average molecular weight is 200 g/mol. The van der Waals surface area contributed by atoms with Gasteiger partial charge in [-0.25, -0.2) is 9.97 Å². The molecule has 0 amide bonds. The molecule has 2 aromatic heterocycles. The molecule has 2 aromatic rings. The second-order valence-corrected chi connectivity index (χ2v) is 3.12. The summed E-state index contributed by atoms with van der Waals surface area (Å²) in [5, 5.41) is 3.05. The van der Waals surface area contributed by atoms with Crippen LogP contribution >= 0.6 is 0 Å². The summed E-state index contributed by atoms with van der Waals surface area (Å²) in [7, 11) is 1.89. The van der Waals surface area contributed by atoms with Gasteiger partial charge in [0.1, 0.15) is 5.69 Å². The molecule has 0 bridgehead atoms. The third kappa shape index (κ3) is 2.35. The third-order valence-corrected chi connectivity index (χ3v) is 1.97. The second kappa shape index (κ2) is 4.61. The van der Waals surface area contributed by atoms with Crippen molar-refractivity contribution in [2.45, 2.75) is 6.54 Å². The van der Waals surface area contributed by atoms with Gasteiger partial charge < -0.3 is 5.32 Å². The Morgan fingerprint density at radius 2 is 2.07 bits per heavy atom. The Bertz CT molecular complexity index is 428. The first-order valence-corrected chi connectivity index (χ1v) is 4.78. The molecule has 0 aliphatic rings. The lowest BCUT2D eigenvalue weighted by Gasteiger charge is -2.01. The van der Waals surface area contributed by atoms with Crippen molar-refractivity contribution in [3.8, 4) is 11.5 Å². The monoisotopic (exact) mass is 200 g/mol. The highest BCUT2D eigenvalue weighted by molar-refractivity contribution is 5.47. The van der Waals surface area contributed by atoms with Crippen LogP contribution in [0, 0.1) is 0 Å². The Balaban J connectivity index is 2.33. The van der Waals surface area contributed by atoms with E-state index in [0.717, 1.165) is 17.9 Å². The van der Waals surface area contributed by atoms with E-state index < -0.39 is 0 Å². The fourth-order valence-corrected chi connectivity index (χ4v) is 1.29. The van der Waals surface area contributed by atoms with Crippen molar-refractivity contribution in [1.29, 1.82) is 0 Å². The van der Waals surface area contributed by atoms with Crippen molar-refractivity contribution in [3.63, 3.8) is 0 Å². The highest BCUT2D eigenvalue weighted by Crippen LogP contribution is 2.10. The Morgan fingerprint density at radius 1 is 1.13 bits per heavy atom. The van der Waals surface area contributed by atoms with E-state index in [1.54, 1.807) is 12.4 Å². The first-order valence-electron chi connectivity index (χ1n) is 4.78. The SMILES string of the molecule is CNCc1ccnc(-c2ccccn2)n1. The van der Waals surface area contributed by atoms with Gasteiger partial charge in [0.15, 0.2) is 5.82 Å². The van der Waals surface area contributed by atoms with Gasteiger partial charge in [0.25, 0.3) is 0 Å². The fourth-order valence-electron chi connectivity index (χ4n) is 1.29. The summed E-state index contributed by atoms with van der Waals surface area (Å²) in [6, 6.07) is 7.60. The molecule has 0 saturated heterocycles. The average Bonchev–Trinajstić information content (AvgIpc) is 2.31. The quantitative estimate of drug-likeness (QED) is 0.810. The number of rotatable bonds is 3. The molecule has 2 rings (SSSR count). The van der Waals surface area contributed by atoms with Gasteiger partial charge in [0, 0.05) is 18.9 Å². The van der Waals surface area contributed by atoms with Gasteiger partial charge in [-0.3, -0.25) is 4.98 Å². The minimum atomic E-state index is 0.670. The van der Waals surface area contributed by atoms with E-state index in [-0.39, 0.29) is 0 Å². The van der Waals surface area contributed by atoms with Gasteiger partial charge in [-0.1, -0.05) is 6.07 Å². The Labute approximate surface area is 88.4 Å². The first-order chi connectivity index (χ1) is 7.40. The maximum Gasteiger partial charge on any atom is 0.178 e. The number of nitrogens with zero attached hydrogens (tertiary/aromatic N) is 3. The summed E-state index contributed by atoms with van der Waals surface area (Å²) in [6.45, 7) is 0.738. The minimum absolute atomic E-state index is 0.670. The van der Waals surface area contributed by atoms with Crippen molar-refractivity contribution < 1.29 is 0 Å². The molecule has 0 radical (unpaired) electrons. The lowest BCUT2D eigenvalue weighted by atomic mass is 10.3. The van der Waals surface area contributed by atoms with E-state index >= 15 is 0 Å². The minimum Gasteiger partial charge on any atom is -0.314 e. The van der Waals surface area contributed by atoms with Crippen LogP contribution in [-0.4, -0.2) is 22.0 Å². The molecule has 0 aliphatic heterocycles. The van der Waals surface area contributed by atoms with Crippen LogP contribution in [0.4, 0.5) is 0 Å². The molecule has 2 heterocycles. The van der Waals surface area contributed by atoms with E-state index in [1.807, 2.05) is 31.3 Å². The second-order valence-electron chi connectivity index (χ2n) is 3.12. The zero-order valence-corrected chi connectivity index (χ0v) is 8.51. The summed E-state index contributed by atoms with van der Waals surface area (Å²) >= 11 is 0. The van der Waals surface area contributed by atoms with Crippen LogP contribution in [0.1, 0.15) is 5.69 Å². The standard InChI is InChI=1S/C11H12N4/c1-12-8-9-5-7-14-11(15-9)10-4-2-3-6-13-10/h2-7,12H,8H2,1H3. The summed E-state index contributed by atoms with van der Waals surface area (Å²) in [6.07, 6.45) is 3.49. The molecule has 4 heteroatoms. The van der Waals surface area contributed by atoms with E-state index in [4.69, 9.17) is 0 Å². The fraction of sp³-hybridized carbons (Fsp3) is 0.182. The van der Waals surface area contributed by atoms with Crippen LogP contribution in [0.3, 0.4) is 0 Å². The van der Waals surface area contributed by atoms with Gasteiger partial charge in [0.05, 0.1) is 5.69 Å². The smallest absolute Gasteiger partial charge is 0.178 e. The van der Waals surface area contributed by atoms with Gasteiger partial charge in [-0.15, -0.1) is 0 Å². The Hall–Kier alpha value is -1.81. The molecule has 0 fully saturated rings. The van der Waals surface area contributed by atoms with E-state index in [2.05, 4.69) is 20.3 Å². The van der Waals surface area contributed by atoms with Crippen LogP contribution in [-0.2, 0) is 6.54 Å². The summed E-state index contributed by atoms with van der Waals surface area (Å²) in [5.74, 6) is 0.670. The van der Waals surface area contributed by atoms with Crippen molar-refractivity contribution in [2.75, 3.05) is 7.05 Å². The normalized spacial score (nSPS) is 10.2. The molecule has 1 N–H and O–H groups in total. The lowest BCUT2D eigenvalue weighted by Crippen LogP contribution is -2.07. The molecule has 15 heavy (non-hydrogen) atoms. The van der Waals surface area contributed by atoms with Crippen molar-refractivity contribution in [1.82, 2.24) is 20.3 Å². The Morgan fingerprint density at radius 3 is 2.80 bits per heavy atom. The third-order valence-electron chi connectivity index (χ3n) is 1.97. The number of aromatic nitrogens is 3. The van der Waals surface area contributed by atoms with E-state index in [0.29, 0.717) is 5.82 Å². The van der Waals surface area contributed by atoms with Gasteiger partial charge in [-0.2, -0.15) is 0 Å². The summed E-state index contributed by atoms with van der Waals surface area (Å²) < 4.78 is 0. The van der Waals surface area contributed by atoms with E-state index in [9.17, 15) is 0 Å². The highest BCUT2D eigenvalue weighted by Gasteiger charge is 2.02. The maximum atomic E-state index is 4.40. The first kappa shape index (κ1) is 9.73. The number of pyridine rings is 1. The van der Waals surface area contributed by atoms with Gasteiger partial charge in [0.2, 0.25) is 0 Å². The van der Waals surface area contributed by atoms with Crippen LogP contribution in [0.5, 0.6) is 0 Å². The van der Waals surface area contributed by atoms with Crippen LogP contribution in [0.15, 0.2) is 36.7 Å². The molecule has 0 spiro atoms.